The van der Waals surface area contributed by atoms with Gasteiger partial charge in [-0.2, -0.15) is 0 Å². The molecule has 10 N–H and O–H groups in total. The summed E-state index contributed by atoms with van der Waals surface area (Å²) >= 11 is 0. The number of aliphatic carboxylic acids is 3. The number of hydrogen-bond donors (Lipinski definition) is 8. The number of carboxylic acids is 3. The summed E-state index contributed by atoms with van der Waals surface area (Å²) in [4.78, 5) is 72.0. The molecule has 14 nitrogen and oxygen atoms in total. The van der Waals surface area contributed by atoms with Crippen LogP contribution in [0.1, 0.15) is 44.1 Å². The molecule has 1 aromatic carbocycles. The van der Waals surface area contributed by atoms with Gasteiger partial charge in [-0.05, 0) is 31.4 Å². The van der Waals surface area contributed by atoms with E-state index in [2.05, 4.69) is 10.6 Å². The van der Waals surface area contributed by atoms with E-state index in [1.807, 2.05) is 5.32 Å². The Morgan fingerprint density at radius 2 is 1.32 bits per heavy atom. The van der Waals surface area contributed by atoms with Crippen molar-refractivity contribution in [3.05, 3.63) is 35.9 Å². The lowest BCUT2D eigenvalue weighted by Gasteiger charge is -2.25. The van der Waals surface area contributed by atoms with Crippen molar-refractivity contribution >= 4 is 35.6 Å². The Balaban J connectivity index is 3.10. The summed E-state index contributed by atoms with van der Waals surface area (Å²) in [5.74, 6) is -6.94. The van der Waals surface area contributed by atoms with Crippen LogP contribution < -0.4 is 27.4 Å². The van der Waals surface area contributed by atoms with Crippen molar-refractivity contribution in [1.29, 1.82) is 0 Å². The lowest BCUT2D eigenvalue weighted by molar-refractivity contribution is -0.147. The second-order valence-electron chi connectivity index (χ2n) is 8.63. The van der Waals surface area contributed by atoms with Crippen molar-refractivity contribution in [2.75, 3.05) is 6.54 Å². The summed E-state index contributed by atoms with van der Waals surface area (Å²) in [5.41, 5.74) is 12.1. The number of rotatable bonds is 18. The fourth-order valence-corrected chi connectivity index (χ4v) is 3.43. The van der Waals surface area contributed by atoms with Crippen LogP contribution in [0.5, 0.6) is 0 Å². The number of carbonyl (C=O) groups excluding carboxylic acids is 3. The highest BCUT2D eigenvalue weighted by Gasteiger charge is 2.31. The highest BCUT2D eigenvalue weighted by atomic mass is 16.4. The molecule has 1 rings (SSSR count). The number of carboxylic acid groups (broad SMARTS) is 3. The highest BCUT2D eigenvalue weighted by Crippen LogP contribution is 2.08. The largest absolute Gasteiger partial charge is 0.481 e. The van der Waals surface area contributed by atoms with Crippen LogP contribution in [0.15, 0.2) is 30.3 Å². The smallest absolute Gasteiger partial charge is 0.326 e. The average Bonchev–Trinajstić information content (AvgIpc) is 2.85. The quantitative estimate of drug-likeness (QED) is 0.101. The van der Waals surface area contributed by atoms with Crippen molar-refractivity contribution < 1.29 is 44.1 Å². The molecule has 0 saturated carbocycles. The van der Waals surface area contributed by atoms with Gasteiger partial charge in [-0.15, -0.1) is 0 Å². The van der Waals surface area contributed by atoms with Gasteiger partial charge in [0.1, 0.15) is 18.1 Å². The zero-order valence-corrected chi connectivity index (χ0v) is 20.8. The SMILES string of the molecule is NCCCCC(N)C(=O)NC(Cc1ccccc1)C(=O)NC(CCC(=O)O)C(=O)NC(CC(=O)O)C(=O)O. The molecule has 0 saturated heterocycles. The van der Waals surface area contributed by atoms with Crippen LogP contribution in [-0.2, 0) is 35.2 Å². The van der Waals surface area contributed by atoms with Gasteiger partial charge < -0.3 is 42.7 Å². The van der Waals surface area contributed by atoms with E-state index in [9.17, 15) is 33.9 Å². The Labute approximate surface area is 219 Å². The molecule has 14 heteroatoms. The predicted molar refractivity (Wildman–Crippen MR) is 134 cm³/mol. The van der Waals surface area contributed by atoms with Gasteiger partial charge >= 0.3 is 17.9 Å². The number of benzene rings is 1. The maximum absolute atomic E-state index is 13.2. The number of nitrogens with one attached hydrogen (secondary N) is 3. The lowest BCUT2D eigenvalue weighted by atomic mass is 10.0. The molecule has 0 fully saturated rings. The Hall–Kier alpha value is -4.04. The third kappa shape index (κ3) is 12.3. The standard InChI is InChI=1S/C24H35N5O9/c25-11-5-4-8-15(26)21(34)28-17(12-14-6-2-1-3-7-14)23(36)27-16(9-10-19(30)31)22(35)29-18(24(37)38)13-20(32)33/h1-3,6-7,15-18H,4-5,8-13,25-26H2,(H,27,36)(H,28,34)(H,29,35)(H,30,31)(H,32,33)(H,37,38). The molecule has 38 heavy (non-hydrogen) atoms. The van der Waals surface area contributed by atoms with Gasteiger partial charge in [0.15, 0.2) is 0 Å². The van der Waals surface area contributed by atoms with Gasteiger partial charge in [-0.25, -0.2) is 4.79 Å². The number of unbranched alkanes of at least 4 members (excludes halogenated alkanes) is 1. The van der Waals surface area contributed by atoms with E-state index in [0.29, 0.717) is 31.4 Å². The van der Waals surface area contributed by atoms with Crippen molar-refractivity contribution in [2.45, 2.75) is 69.1 Å². The zero-order valence-electron chi connectivity index (χ0n) is 20.8. The first-order chi connectivity index (χ1) is 17.9. The van der Waals surface area contributed by atoms with Crippen LogP contribution in [0.2, 0.25) is 0 Å². The van der Waals surface area contributed by atoms with Crippen LogP contribution in [0.3, 0.4) is 0 Å². The first-order valence-electron chi connectivity index (χ1n) is 12.0. The molecule has 0 aromatic heterocycles. The van der Waals surface area contributed by atoms with Crippen LogP contribution in [0, 0.1) is 0 Å². The Bertz CT molecular complexity index is 973. The van der Waals surface area contributed by atoms with Crippen LogP contribution in [0.4, 0.5) is 0 Å². The zero-order chi connectivity index (χ0) is 28.7. The van der Waals surface area contributed by atoms with Gasteiger partial charge in [0.25, 0.3) is 0 Å². The van der Waals surface area contributed by atoms with Crippen LogP contribution in [0.25, 0.3) is 0 Å². The van der Waals surface area contributed by atoms with E-state index >= 15 is 0 Å². The minimum Gasteiger partial charge on any atom is -0.481 e. The summed E-state index contributed by atoms with van der Waals surface area (Å²) in [6.45, 7) is 0.433. The molecule has 210 valence electrons. The third-order valence-electron chi connectivity index (χ3n) is 5.49. The molecule has 0 aliphatic carbocycles. The molecule has 4 unspecified atom stereocenters. The van der Waals surface area contributed by atoms with Crippen LogP contribution >= 0.6 is 0 Å². The van der Waals surface area contributed by atoms with Crippen molar-refractivity contribution in [3.8, 4) is 0 Å². The first kappa shape index (κ1) is 32.0. The van der Waals surface area contributed by atoms with Crippen molar-refractivity contribution in [2.24, 2.45) is 11.5 Å². The molecule has 1 aromatic rings. The Morgan fingerprint density at radius 1 is 0.737 bits per heavy atom. The molecule has 0 spiro atoms. The molecule has 0 aliphatic rings. The third-order valence-corrected chi connectivity index (χ3v) is 5.49. The second kappa shape index (κ2) is 16.7. The van der Waals surface area contributed by atoms with Gasteiger partial charge in [-0.1, -0.05) is 36.8 Å². The number of carbonyl (C=O) groups is 6. The number of nitrogens with two attached hydrogens (primary N) is 2. The normalized spacial score (nSPS) is 13.8. The summed E-state index contributed by atoms with van der Waals surface area (Å²) in [6, 6.07) is 3.17. The first-order valence-corrected chi connectivity index (χ1v) is 12.0. The van der Waals surface area contributed by atoms with Gasteiger partial charge in [0.2, 0.25) is 17.7 Å². The van der Waals surface area contributed by atoms with Gasteiger partial charge in [-0.3, -0.25) is 24.0 Å². The van der Waals surface area contributed by atoms with Crippen molar-refractivity contribution in [3.63, 3.8) is 0 Å². The summed E-state index contributed by atoms with van der Waals surface area (Å²) in [7, 11) is 0. The summed E-state index contributed by atoms with van der Waals surface area (Å²) < 4.78 is 0. The van der Waals surface area contributed by atoms with E-state index in [-0.39, 0.29) is 6.42 Å². The monoisotopic (exact) mass is 537 g/mol. The number of amides is 3. The topological polar surface area (TPSA) is 251 Å². The molecule has 0 aliphatic heterocycles. The maximum atomic E-state index is 13.2. The molecular formula is C24H35N5O9. The Morgan fingerprint density at radius 3 is 1.87 bits per heavy atom. The molecular weight excluding hydrogens is 502 g/mol. The molecule has 0 bridgehead atoms. The summed E-state index contributed by atoms with van der Waals surface area (Å²) in [6.07, 6.45) is -0.318. The Kier molecular flexibility index (Phi) is 14.0. The second-order valence-corrected chi connectivity index (χ2v) is 8.63. The minimum absolute atomic E-state index is 0.0119. The van der Waals surface area contributed by atoms with Crippen LogP contribution in [-0.4, -0.2) is 81.7 Å². The molecule has 4 atom stereocenters. The van der Waals surface area contributed by atoms with E-state index in [0.717, 1.165) is 0 Å². The van der Waals surface area contributed by atoms with Gasteiger partial charge in [0, 0.05) is 12.8 Å². The number of hydrogen-bond acceptors (Lipinski definition) is 8. The van der Waals surface area contributed by atoms with E-state index < -0.39 is 79.1 Å². The lowest BCUT2D eigenvalue weighted by Crippen LogP contribution is -2.57. The van der Waals surface area contributed by atoms with E-state index in [4.69, 9.17) is 21.7 Å². The average molecular weight is 538 g/mol. The fraction of sp³-hybridized carbons (Fsp3) is 0.500. The molecule has 3 amide bonds. The maximum Gasteiger partial charge on any atom is 0.326 e. The van der Waals surface area contributed by atoms with E-state index in [1.165, 1.54) is 0 Å². The molecule has 0 radical (unpaired) electrons. The summed E-state index contributed by atoms with van der Waals surface area (Å²) in [5, 5.41) is 34.1. The van der Waals surface area contributed by atoms with Gasteiger partial charge in [0.05, 0.1) is 12.5 Å². The highest BCUT2D eigenvalue weighted by molar-refractivity contribution is 5.95. The minimum atomic E-state index is -1.81. The molecule has 0 heterocycles. The predicted octanol–water partition coefficient (Wildman–Crippen LogP) is -1.44. The fourth-order valence-electron chi connectivity index (χ4n) is 3.43. The van der Waals surface area contributed by atoms with Crippen molar-refractivity contribution in [1.82, 2.24) is 16.0 Å². The van der Waals surface area contributed by atoms with E-state index in [1.54, 1.807) is 30.3 Å².